The van der Waals surface area contributed by atoms with Gasteiger partial charge in [0, 0.05) is 12.6 Å². The van der Waals surface area contributed by atoms with Crippen LogP contribution in [-0.2, 0) is 0 Å². The van der Waals surface area contributed by atoms with Crippen molar-refractivity contribution in [3.05, 3.63) is 0 Å². The van der Waals surface area contributed by atoms with Gasteiger partial charge in [-0.3, -0.25) is 0 Å². The summed E-state index contributed by atoms with van der Waals surface area (Å²) in [7, 11) is 0. The standard InChI is InChI=1S/C10H22N2/c1-9(7-11)12-8-10-5-3-2-4-6-10/h9-10,12H,2-8,11H2,1H3/t9-/m0/s1. The van der Waals surface area contributed by atoms with Crippen LogP contribution >= 0.6 is 0 Å². The Labute approximate surface area is 75.9 Å². The molecule has 0 radical (unpaired) electrons. The van der Waals surface area contributed by atoms with Crippen LogP contribution < -0.4 is 11.1 Å². The maximum atomic E-state index is 5.53. The molecule has 0 spiro atoms. The highest BCUT2D eigenvalue weighted by atomic mass is 14.9. The molecule has 3 N–H and O–H groups in total. The van der Waals surface area contributed by atoms with Crippen LogP contribution in [-0.4, -0.2) is 19.1 Å². The van der Waals surface area contributed by atoms with Crippen molar-refractivity contribution in [1.82, 2.24) is 5.32 Å². The monoisotopic (exact) mass is 170 g/mol. The first-order chi connectivity index (χ1) is 5.83. The van der Waals surface area contributed by atoms with Gasteiger partial charge in [0.25, 0.3) is 0 Å². The van der Waals surface area contributed by atoms with Crippen molar-refractivity contribution < 1.29 is 0 Å². The molecular weight excluding hydrogens is 148 g/mol. The first-order valence-corrected chi connectivity index (χ1v) is 5.26. The van der Waals surface area contributed by atoms with Crippen LogP contribution in [0, 0.1) is 5.92 Å². The summed E-state index contributed by atoms with van der Waals surface area (Å²) in [6.45, 7) is 4.09. The predicted molar refractivity (Wildman–Crippen MR) is 53.1 cm³/mol. The summed E-state index contributed by atoms with van der Waals surface area (Å²) in [5, 5.41) is 3.48. The molecule has 1 aliphatic rings. The lowest BCUT2D eigenvalue weighted by atomic mass is 9.89. The van der Waals surface area contributed by atoms with Crippen molar-refractivity contribution >= 4 is 0 Å². The smallest absolute Gasteiger partial charge is 0.0162 e. The first-order valence-electron chi connectivity index (χ1n) is 5.26. The third-order valence-electron chi connectivity index (χ3n) is 2.83. The molecule has 0 saturated heterocycles. The van der Waals surface area contributed by atoms with Gasteiger partial charge in [-0.05, 0) is 32.2 Å². The van der Waals surface area contributed by atoms with E-state index in [0.717, 1.165) is 12.5 Å². The van der Waals surface area contributed by atoms with Crippen LogP contribution in [0.4, 0.5) is 0 Å². The third kappa shape index (κ3) is 3.55. The number of hydrogen-bond donors (Lipinski definition) is 2. The van der Waals surface area contributed by atoms with Crippen molar-refractivity contribution in [2.75, 3.05) is 13.1 Å². The van der Waals surface area contributed by atoms with Crippen LogP contribution in [0.2, 0.25) is 0 Å². The van der Waals surface area contributed by atoms with Crippen molar-refractivity contribution in [2.45, 2.75) is 45.1 Å². The van der Waals surface area contributed by atoms with Gasteiger partial charge in [0.1, 0.15) is 0 Å². The SMILES string of the molecule is C[C@@H](CN)NCC1CCCCC1. The van der Waals surface area contributed by atoms with Gasteiger partial charge in [-0.15, -0.1) is 0 Å². The van der Waals surface area contributed by atoms with E-state index in [1.165, 1.54) is 38.6 Å². The zero-order valence-corrected chi connectivity index (χ0v) is 8.18. The second-order valence-electron chi connectivity index (χ2n) is 4.05. The van der Waals surface area contributed by atoms with Gasteiger partial charge in [0.15, 0.2) is 0 Å². The Hall–Kier alpha value is -0.0800. The number of hydrogen-bond acceptors (Lipinski definition) is 2. The molecule has 0 aromatic heterocycles. The lowest BCUT2D eigenvalue weighted by Gasteiger charge is -2.23. The summed E-state index contributed by atoms with van der Waals surface area (Å²) in [6.07, 6.45) is 7.16. The Balaban J connectivity index is 2.05. The first kappa shape index (κ1) is 10.0. The number of nitrogens with one attached hydrogen (secondary N) is 1. The topological polar surface area (TPSA) is 38.0 Å². The molecule has 0 aromatic rings. The molecule has 0 aliphatic heterocycles. The van der Waals surface area contributed by atoms with E-state index in [-0.39, 0.29) is 0 Å². The zero-order chi connectivity index (χ0) is 8.81. The second-order valence-corrected chi connectivity index (χ2v) is 4.05. The van der Waals surface area contributed by atoms with E-state index >= 15 is 0 Å². The molecule has 2 nitrogen and oxygen atoms in total. The molecule has 1 atom stereocenters. The van der Waals surface area contributed by atoms with Gasteiger partial charge in [-0.1, -0.05) is 19.3 Å². The molecule has 0 amide bonds. The van der Waals surface area contributed by atoms with Gasteiger partial charge >= 0.3 is 0 Å². The van der Waals surface area contributed by atoms with E-state index in [9.17, 15) is 0 Å². The van der Waals surface area contributed by atoms with Gasteiger partial charge < -0.3 is 11.1 Å². The Morgan fingerprint density at radius 3 is 2.58 bits per heavy atom. The number of nitrogens with two attached hydrogens (primary N) is 1. The highest BCUT2D eigenvalue weighted by Gasteiger charge is 2.13. The maximum Gasteiger partial charge on any atom is 0.0162 e. The summed E-state index contributed by atoms with van der Waals surface area (Å²) < 4.78 is 0. The molecule has 0 heterocycles. The van der Waals surface area contributed by atoms with E-state index in [0.29, 0.717) is 6.04 Å². The molecule has 2 heteroatoms. The molecule has 12 heavy (non-hydrogen) atoms. The minimum atomic E-state index is 0.493. The van der Waals surface area contributed by atoms with E-state index in [2.05, 4.69) is 12.2 Å². The predicted octanol–water partition coefficient (Wildman–Crippen LogP) is 1.50. The van der Waals surface area contributed by atoms with Crippen LogP contribution in [0.1, 0.15) is 39.0 Å². The Morgan fingerprint density at radius 1 is 1.33 bits per heavy atom. The van der Waals surface area contributed by atoms with Gasteiger partial charge in [-0.2, -0.15) is 0 Å². The summed E-state index contributed by atoms with van der Waals surface area (Å²) in [5.41, 5.74) is 5.53. The lowest BCUT2D eigenvalue weighted by molar-refractivity contribution is 0.331. The molecule has 0 bridgehead atoms. The molecule has 1 saturated carbocycles. The van der Waals surface area contributed by atoms with E-state index < -0.39 is 0 Å². The molecular formula is C10H22N2. The van der Waals surface area contributed by atoms with Gasteiger partial charge in [-0.25, -0.2) is 0 Å². The fraction of sp³-hybridized carbons (Fsp3) is 1.00. The summed E-state index contributed by atoms with van der Waals surface area (Å²) in [4.78, 5) is 0. The highest BCUT2D eigenvalue weighted by Crippen LogP contribution is 2.22. The average molecular weight is 170 g/mol. The van der Waals surface area contributed by atoms with Crippen molar-refractivity contribution in [3.63, 3.8) is 0 Å². The molecule has 1 aliphatic carbocycles. The molecule has 0 aromatic carbocycles. The minimum Gasteiger partial charge on any atom is -0.329 e. The van der Waals surface area contributed by atoms with Crippen LogP contribution in [0.25, 0.3) is 0 Å². The van der Waals surface area contributed by atoms with Crippen LogP contribution in [0.15, 0.2) is 0 Å². The summed E-state index contributed by atoms with van der Waals surface area (Å²) >= 11 is 0. The van der Waals surface area contributed by atoms with Crippen LogP contribution in [0.3, 0.4) is 0 Å². The Bertz CT molecular complexity index is 108. The fourth-order valence-electron chi connectivity index (χ4n) is 1.84. The van der Waals surface area contributed by atoms with E-state index in [4.69, 9.17) is 5.73 Å². The zero-order valence-electron chi connectivity index (χ0n) is 8.18. The van der Waals surface area contributed by atoms with Gasteiger partial charge in [0.05, 0.1) is 0 Å². The highest BCUT2D eigenvalue weighted by molar-refractivity contribution is 4.70. The van der Waals surface area contributed by atoms with E-state index in [1.54, 1.807) is 0 Å². The average Bonchev–Trinajstić information content (AvgIpc) is 2.16. The van der Waals surface area contributed by atoms with Crippen molar-refractivity contribution in [2.24, 2.45) is 11.7 Å². The number of rotatable bonds is 4. The molecule has 1 rings (SSSR count). The second kappa shape index (κ2) is 5.55. The molecule has 1 fully saturated rings. The Kier molecular flexibility index (Phi) is 4.62. The fourth-order valence-corrected chi connectivity index (χ4v) is 1.84. The largest absolute Gasteiger partial charge is 0.329 e. The van der Waals surface area contributed by atoms with Crippen molar-refractivity contribution in [1.29, 1.82) is 0 Å². The lowest BCUT2D eigenvalue weighted by Crippen LogP contribution is -2.36. The normalized spacial score (nSPS) is 22.5. The van der Waals surface area contributed by atoms with E-state index in [1.807, 2.05) is 0 Å². The Morgan fingerprint density at radius 2 is 2.00 bits per heavy atom. The van der Waals surface area contributed by atoms with Crippen molar-refractivity contribution in [3.8, 4) is 0 Å². The summed E-state index contributed by atoms with van der Waals surface area (Å²) in [6, 6.07) is 0.493. The molecule has 0 unspecified atom stereocenters. The molecule has 72 valence electrons. The van der Waals surface area contributed by atoms with Crippen LogP contribution in [0.5, 0.6) is 0 Å². The quantitative estimate of drug-likeness (QED) is 0.671. The minimum absolute atomic E-state index is 0.493. The summed E-state index contributed by atoms with van der Waals surface area (Å²) in [5.74, 6) is 0.924. The third-order valence-corrected chi connectivity index (χ3v) is 2.83. The van der Waals surface area contributed by atoms with Gasteiger partial charge in [0.2, 0.25) is 0 Å². The maximum absolute atomic E-state index is 5.53.